The highest BCUT2D eigenvalue weighted by Crippen LogP contribution is 2.22. The van der Waals surface area contributed by atoms with Crippen molar-refractivity contribution < 1.29 is 9.28 Å². The van der Waals surface area contributed by atoms with Crippen molar-refractivity contribution >= 4 is 5.91 Å². The van der Waals surface area contributed by atoms with Crippen molar-refractivity contribution in [3.05, 3.63) is 35.9 Å². The first-order valence-electron chi connectivity index (χ1n) is 5.74. The summed E-state index contributed by atoms with van der Waals surface area (Å²) in [6.07, 6.45) is 2.37. The van der Waals surface area contributed by atoms with Crippen LogP contribution < -0.4 is 0 Å². The number of hydrogen-bond donors (Lipinski definition) is 0. The lowest BCUT2D eigenvalue weighted by Crippen LogP contribution is -2.50. The van der Waals surface area contributed by atoms with Crippen LogP contribution in [-0.2, 0) is 0 Å². The van der Waals surface area contributed by atoms with Gasteiger partial charge in [0.2, 0.25) is 0 Å². The summed E-state index contributed by atoms with van der Waals surface area (Å²) in [6.45, 7) is 5.08. The van der Waals surface area contributed by atoms with Gasteiger partial charge in [-0.25, -0.2) is 4.79 Å². The molecule has 15 heavy (non-hydrogen) atoms. The maximum atomic E-state index is 12.4. The molecule has 1 aliphatic heterocycles. The van der Waals surface area contributed by atoms with Gasteiger partial charge in [0.25, 0.3) is 0 Å². The molecule has 1 aromatic rings. The first-order chi connectivity index (χ1) is 7.28. The topological polar surface area (TPSA) is 17.1 Å². The summed E-state index contributed by atoms with van der Waals surface area (Å²) in [5.41, 5.74) is 0.862. The number of nitrogens with zero attached hydrogens (tertiary/aromatic N) is 1. The largest absolute Gasteiger partial charge is 0.345 e. The van der Waals surface area contributed by atoms with Crippen LogP contribution in [0.3, 0.4) is 0 Å². The third kappa shape index (κ3) is 1.82. The SMILES string of the molecule is CC[N+]1(C(=O)c2ccccc2)CCCC1. The molecule has 1 amide bonds. The average molecular weight is 204 g/mol. The van der Waals surface area contributed by atoms with Crippen LogP contribution in [0.5, 0.6) is 0 Å². The predicted octanol–water partition coefficient (Wildman–Crippen LogP) is 2.46. The Morgan fingerprint density at radius 3 is 2.33 bits per heavy atom. The Morgan fingerprint density at radius 2 is 1.80 bits per heavy atom. The number of benzene rings is 1. The molecule has 0 unspecified atom stereocenters. The van der Waals surface area contributed by atoms with E-state index in [1.807, 2.05) is 30.3 Å². The summed E-state index contributed by atoms with van der Waals surface area (Å²) in [5, 5.41) is 0. The molecule has 0 aromatic heterocycles. The second kappa shape index (κ2) is 4.15. The Morgan fingerprint density at radius 1 is 1.20 bits per heavy atom. The van der Waals surface area contributed by atoms with Crippen molar-refractivity contribution in [2.75, 3.05) is 19.6 Å². The Labute approximate surface area is 91.1 Å². The Bertz CT molecular complexity index is 339. The summed E-state index contributed by atoms with van der Waals surface area (Å²) in [7, 11) is 0. The second-order valence-electron chi connectivity index (χ2n) is 4.29. The number of hydrogen-bond acceptors (Lipinski definition) is 1. The van der Waals surface area contributed by atoms with E-state index >= 15 is 0 Å². The van der Waals surface area contributed by atoms with Crippen LogP contribution in [0.25, 0.3) is 0 Å². The van der Waals surface area contributed by atoms with Gasteiger partial charge in [0.15, 0.2) is 0 Å². The molecule has 80 valence electrons. The van der Waals surface area contributed by atoms with Gasteiger partial charge in [-0.3, -0.25) is 4.48 Å². The molecule has 0 radical (unpaired) electrons. The van der Waals surface area contributed by atoms with Crippen LogP contribution in [0, 0.1) is 0 Å². The molecule has 2 nitrogen and oxygen atoms in total. The van der Waals surface area contributed by atoms with E-state index in [9.17, 15) is 4.79 Å². The van der Waals surface area contributed by atoms with Crippen molar-refractivity contribution in [2.24, 2.45) is 0 Å². The standard InChI is InChI=1S/C13H18NO/c1-2-14(10-6-7-11-14)13(15)12-8-4-3-5-9-12/h3-5,8-9H,2,6-7,10-11H2,1H3/q+1. The Kier molecular flexibility index (Phi) is 2.87. The average Bonchev–Trinajstić information content (AvgIpc) is 2.79. The van der Waals surface area contributed by atoms with Gasteiger partial charge in [-0.15, -0.1) is 0 Å². The molecule has 2 heteroatoms. The van der Waals surface area contributed by atoms with E-state index < -0.39 is 0 Å². The van der Waals surface area contributed by atoms with Gasteiger partial charge >= 0.3 is 5.91 Å². The zero-order valence-corrected chi connectivity index (χ0v) is 9.28. The third-order valence-corrected chi connectivity index (χ3v) is 3.48. The lowest BCUT2D eigenvalue weighted by Gasteiger charge is -2.29. The van der Waals surface area contributed by atoms with Crippen LogP contribution in [0.15, 0.2) is 30.3 Å². The van der Waals surface area contributed by atoms with E-state index in [2.05, 4.69) is 6.92 Å². The number of carbonyl (C=O) groups excluding carboxylic acids is 1. The highest BCUT2D eigenvalue weighted by Gasteiger charge is 2.38. The van der Waals surface area contributed by atoms with Gasteiger partial charge in [0, 0.05) is 12.8 Å². The monoisotopic (exact) mass is 204 g/mol. The summed E-state index contributed by atoms with van der Waals surface area (Å²) >= 11 is 0. The number of rotatable bonds is 2. The maximum Gasteiger partial charge on any atom is 0.345 e. The van der Waals surface area contributed by atoms with Crippen LogP contribution in [0.2, 0.25) is 0 Å². The number of amides is 1. The molecule has 1 heterocycles. The van der Waals surface area contributed by atoms with Crippen LogP contribution in [-0.4, -0.2) is 30.0 Å². The zero-order chi connectivity index (χ0) is 10.7. The summed E-state index contributed by atoms with van der Waals surface area (Å²) in [5.74, 6) is 0.301. The van der Waals surface area contributed by atoms with Crippen LogP contribution in [0.4, 0.5) is 0 Å². The highest BCUT2D eigenvalue weighted by atomic mass is 16.2. The molecule has 1 saturated heterocycles. The van der Waals surface area contributed by atoms with E-state index in [1.54, 1.807) is 0 Å². The summed E-state index contributed by atoms with van der Waals surface area (Å²) in [6, 6.07) is 9.69. The van der Waals surface area contributed by atoms with Crippen LogP contribution >= 0.6 is 0 Å². The highest BCUT2D eigenvalue weighted by molar-refractivity contribution is 5.88. The molecule has 1 aliphatic rings. The van der Waals surface area contributed by atoms with Crippen molar-refractivity contribution in [1.82, 2.24) is 0 Å². The molecular formula is C13H18NO+. The minimum Gasteiger partial charge on any atom is -0.256 e. The van der Waals surface area contributed by atoms with Gasteiger partial charge in [0.1, 0.15) is 0 Å². The van der Waals surface area contributed by atoms with E-state index in [1.165, 1.54) is 12.8 Å². The lowest BCUT2D eigenvalue weighted by molar-refractivity contribution is -0.834. The number of carbonyl (C=O) groups is 1. The van der Waals surface area contributed by atoms with Gasteiger partial charge in [-0.2, -0.15) is 0 Å². The molecule has 0 N–H and O–H groups in total. The number of quaternary nitrogens is 1. The molecule has 0 atom stereocenters. The van der Waals surface area contributed by atoms with Crippen molar-refractivity contribution in [3.63, 3.8) is 0 Å². The minimum atomic E-state index is 0.301. The van der Waals surface area contributed by atoms with Gasteiger partial charge in [-0.1, -0.05) is 18.2 Å². The van der Waals surface area contributed by atoms with Crippen molar-refractivity contribution in [3.8, 4) is 0 Å². The predicted molar refractivity (Wildman–Crippen MR) is 60.5 cm³/mol. The molecular weight excluding hydrogens is 186 g/mol. The molecule has 0 spiro atoms. The van der Waals surface area contributed by atoms with E-state index in [0.717, 1.165) is 25.2 Å². The fourth-order valence-electron chi connectivity index (χ4n) is 2.46. The van der Waals surface area contributed by atoms with Gasteiger partial charge in [0.05, 0.1) is 25.2 Å². The molecule has 1 aromatic carbocycles. The first-order valence-corrected chi connectivity index (χ1v) is 5.74. The minimum absolute atomic E-state index is 0.301. The van der Waals surface area contributed by atoms with E-state index in [-0.39, 0.29) is 0 Å². The van der Waals surface area contributed by atoms with E-state index in [0.29, 0.717) is 10.4 Å². The van der Waals surface area contributed by atoms with E-state index in [4.69, 9.17) is 0 Å². The Balaban J connectivity index is 2.27. The third-order valence-electron chi connectivity index (χ3n) is 3.48. The van der Waals surface area contributed by atoms with Crippen molar-refractivity contribution in [2.45, 2.75) is 19.8 Å². The summed E-state index contributed by atoms with van der Waals surface area (Å²) in [4.78, 5) is 12.4. The Hall–Kier alpha value is -1.15. The van der Waals surface area contributed by atoms with Gasteiger partial charge < -0.3 is 0 Å². The summed E-state index contributed by atoms with van der Waals surface area (Å²) < 4.78 is 0.657. The molecule has 0 aliphatic carbocycles. The first kappa shape index (κ1) is 10.4. The quantitative estimate of drug-likeness (QED) is 0.676. The normalized spacial score (nSPS) is 19.0. The molecule has 0 bridgehead atoms. The number of likely N-dealkylation sites (tertiary alicyclic amines) is 1. The van der Waals surface area contributed by atoms with Gasteiger partial charge in [-0.05, 0) is 19.1 Å². The molecule has 1 fully saturated rings. The second-order valence-corrected chi connectivity index (χ2v) is 4.29. The fourth-order valence-corrected chi connectivity index (χ4v) is 2.46. The maximum absolute atomic E-state index is 12.4. The molecule has 2 rings (SSSR count). The van der Waals surface area contributed by atoms with Crippen LogP contribution in [0.1, 0.15) is 30.1 Å². The lowest BCUT2D eigenvalue weighted by atomic mass is 10.1. The fraction of sp³-hybridized carbons (Fsp3) is 0.462. The zero-order valence-electron chi connectivity index (χ0n) is 9.28. The van der Waals surface area contributed by atoms with Crippen molar-refractivity contribution in [1.29, 1.82) is 0 Å². The molecule has 0 saturated carbocycles. The smallest absolute Gasteiger partial charge is 0.256 e.